The van der Waals surface area contributed by atoms with Crippen LogP contribution in [0.4, 0.5) is 39.7 Å². The van der Waals surface area contributed by atoms with Crippen LogP contribution in [0.1, 0.15) is 39.0 Å². The normalized spacial score (nSPS) is 16.1. The molecule has 2 aliphatic heterocycles. The second kappa shape index (κ2) is 13.2. The third-order valence-corrected chi connectivity index (χ3v) is 7.94. The van der Waals surface area contributed by atoms with Crippen molar-refractivity contribution in [2.75, 3.05) is 67.6 Å². The predicted molar refractivity (Wildman–Crippen MR) is 165 cm³/mol. The molecule has 256 valence electrons. The van der Waals surface area contributed by atoms with Gasteiger partial charge in [-0.15, -0.1) is 5.10 Å². The molecule has 18 heteroatoms. The van der Waals surface area contributed by atoms with Crippen molar-refractivity contribution >= 4 is 46.7 Å². The number of fused-ring (bicyclic) bond motifs is 1. The summed E-state index contributed by atoms with van der Waals surface area (Å²) in [7, 11) is 0. The number of alkyl halides is 3. The second-order valence-corrected chi connectivity index (χ2v) is 12.5. The number of hydrogen-bond acceptors (Lipinski definition) is 9. The van der Waals surface area contributed by atoms with Crippen molar-refractivity contribution in [2.45, 2.75) is 52.4 Å². The molecule has 47 heavy (non-hydrogen) atoms. The highest BCUT2D eigenvalue weighted by Gasteiger charge is 2.35. The lowest BCUT2D eigenvalue weighted by Gasteiger charge is -2.37. The van der Waals surface area contributed by atoms with E-state index in [1.165, 1.54) is 4.57 Å². The van der Waals surface area contributed by atoms with Gasteiger partial charge in [-0.1, -0.05) is 18.5 Å². The van der Waals surface area contributed by atoms with Crippen LogP contribution < -0.4 is 20.7 Å². The highest BCUT2D eigenvalue weighted by Crippen LogP contribution is 2.36. The first-order valence-electron chi connectivity index (χ1n) is 15.0. The summed E-state index contributed by atoms with van der Waals surface area (Å²) in [6.07, 6.45) is -5.17. The van der Waals surface area contributed by atoms with Gasteiger partial charge >= 0.3 is 12.3 Å². The molecular weight excluding hydrogens is 652 g/mol. The van der Waals surface area contributed by atoms with Crippen molar-refractivity contribution in [1.29, 1.82) is 0 Å². The maximum atomic E-state index is 14.3. The number of benzene rings is 1. The molecule has 2 aromatic heterocycles. The zero-order chi connectivity index (χ0) is 34.3. The Labute approximate surface area is 272 Å². The number of halogens is 5. The van der Waals surface area contributed by atoms with Crippen molar-refractivity contribution in [2.24, 2.45) is 0 Å². The summed E-state index contributed by atoms with van der Waals surface area (Å²) in [5, 5.41) is 6.36. The Morgan fingerprint density at radius 1 is 1.04 bits per heavy atom. The maximum Gasteiger partial charge on any atom is 0.419 e. The minimum Gasteiger partial charge on any atom is -0.444 e. The lowest BCUT2D eigenvalue weighted by Crippen LogP contribution is -2.51. The summed E-state index contributed by atoms with van der Waals surface area (Å²) in [4.78, 5) is 49.9. The number of nitrogens with zero attached hydrogens (tertiary/aromatic N) is 7. The first-order valence-corrected chi connectivity index (χ1v) is 15.4. The van der Waals surface area contributed by atoms with Crippen molar-refractivity contribution in [3.05, 3.63) is 44.6 Å². The average molecular weight is 687 g/mol. The fourth-order valence-electron chi connectivity index (χ4n) is 5.45. The van der Waals surface area contributed by atoms with Crippen LogP contribution in [0.3, 0.4) is 0 Å². The molecule has 4 heterocycles. The van der Waals surface area contributed by atoms with Crippen LogP contribution in [-0.4, -0.2) is 94.1 Å². The molecule has 0 bridgehead atoms. The molecule has 0 aliphatic carbocycles. The summed E-state index contributed by atoms with van der Waals surface area (Å²) < 4.78 is 67.3. The van der Waals surface area contributed by atoms with Gasteiger partial charge in [-0.3, -0.25) is 9.59 Å². The minimum atomic E-state index is -4.98. The van der Waals surface area contributed by atoms with Crippen molar-refractivity contribution in [3.8, 4) is 0 Å². The van der Waals surface area contributed by atoms with Crippen LogP contribution in [-0.2, 0) is 33.4 Å². The molecule has 3 aromatic rings. The Bertz CT molecular complexity index is 1720. The summed E-state index contributed by atoms with van der Waals surface area (Å²) in [5.41, 5.74) is -2.37. The van der Waals surface area contributed by atoms with Gasteiger partial charge < -0.3 is 34.1 Å². The van der Waals surface area contributed by atoms with E-state index in [0.29, 0.717) is 44.1 Å². The van der Waals surface area contributed by atoms with E-state index < -0.39 is 52.3 Å². The minimum absolute atomic E-state index is 0.0596. The fourth-order valence-corrected chi connectivity index (χ4v) is 5.66. The molecular formula is C29H35ClF4N8O5. The van der Waals surface area contributed by atoms with Gasteiger partial charge in [-0.2, -0.15) is 22.7 Å². The van der Waals surface area contributed by atoms with Gasteiger partial charge in [0.25, 0.3) is 5.56 Å². The van der Waals surface area contributed by atoms with Gasteiger partial charge in [0, 0.05) is 39.3 Å². The van der Waals surface area contributed by atoms with E-state index in [1.807, 2.05) is 9.80 Å². The van der Waals surface area contributed by atoms with E-state index in [-0.39, 0.29) is 55.7 Å². The van der Waals surface area contributed by atoms with Crippen LogP contribution in [0.25, 0.3) is 5.78 Å². The molecule has 2 amide bonds. The number of nitrogens with one attached hydrogen (secondary N) is 1. The molecule has 0 radical (unpaired) electrons. The topological polar surface area (TPSA) is 127 Å². The Balaban J connectivity index is 1.51. The van der Waals surface area contributed by atoms with Gasteiger partial charge in [0.2, 0.25) is 17.6 Å². The molecule has 0 unspecified atom stereocenters. The van der Waals surface area contributed by atoms with Gasteiger partial charge in [0.1, 0.15) is 23.7 Å². The zero-order valence-electron chi connectivity index (χ0n) is 26.3. The van der Waals surface area contributed by atoms with Crippen LogP contribution in [0.15, 0.2) is 16.9 Å². The second-order valence-electron chi connectivity index (χ2n) is 12.1. The number of carbonyl (C=O) groups is 2. The van der Waals surface area contributed by atoms with Crippen molar-refractivity contribution < 1.29 is 36.6 Å². The number of hydrogen-bond donors (Lipinski definition) is 1. The Morgan fingerprint density at radius 3 is 2.30 bits per heavy atom. The quantitative estimate of drug-likeness (QED) is 0.386. The Kier molecular flexibility index (Phi) is 9.59. The van der Waals surface area contributed by atoms with E-state index in [0.717, 1.165) is 4.52 Å². The number of ether oxygens (including phenoxy) is 2. The molecule has 2 saturated heterocycles. The Hall–Kier alpha value is -4.12. The molecule has 1 N–H and O–H groups in total. The smallest absolute Gasteiger partial charge is 0.419 e. The molecule has 1 aromatic carbocycles. The van der Waals surface area contributed by atoms with E-state index in [2.05, 4.69) is 15.4 Å². The molecule has 2 fully saturated rings. The number of anilines is 3. The van der Waals surface area contributed by atoms with Crippen LogP contribution >= 0.6 is 11.6 Å². The van der Waals surface area contributed by atoms with E-state index in [1.54, 1.807) is 32.6 Å². The molecule has 0 atom stereocenters. The molecule has 2 aliphatic rings. The summed E-state index contributed by atoms with van der Waals surface area (Å²) in [5.74, 6) is -2.05. The molecule has 0 saturated carbocycles. The molecule has 13 nitrogen and oxygen atoms in total. The van der Waals surface area contributed by atoms with Gasteiger partial charge in [-0.25, -0.2) is 9.18 Å². The van der Waals surface area contributed by atoms with Crippen LogP contribution in [0.5, 0.6) is 0 Å². The van der Waals surface area contributed by atoms with Gasteiger partial charge in [0.05, 0.1) is 35.2 Å². The van der Waals surface area contributed by atoms with E-state index in [9.17, 15) is 31.9 Å². The predicted octanol–water partition coefficient (Wildman–Crippen LogP) is 3.80. The highest BCUT2D eigenvalue weighted by molar-refractivity contribution is 6.33. The number of amides is 2. The monoisotopic (exact) mass is 686 g/mol. The summed E-state index contributed by atoms with van der Waals surface area (Å²) in [6.45, 7) is 9.56. The first-order chi connectivity index (χ1) is 22.1. The largest absolute Gasteiger partial charge is 0.444 e. The molecule has 5 rings (SSSR count). The molecule has 0 spiro atoms. The van der Waals surface area contributed by atoms with Gasteiger partial charge in [0.15, 0.2) is 0 Å². The lowest BCUT2D eigenvalue weighted by molar-refractivity contribution is -0.140. The lowest BCUT2D eigenvalue weighted by atomic mass is 10.2. The highest BCUT2D eigenvalue weighted by atomic mass is 35.5. The SMILES string of the molecule is CCc1c(N2CCN(C(=O)OC(C)(C)C)CC2)c(=O)n2nc(N3CCOCC3)nc2n1CC(=O)Nc1cc(F)c(C(F)(F)F)cc1Cl. The van der Waals surface area contributed by atoms with Crippen LogP contribution in [0.2, 0.25) is 5.02 Å². The van der Waals surface area contributed by atoms with E-state index >= 15 is 0 Å². The number of aromatic nitrogens is 4. The first kappa shape index (κ1) is 34.2. The zero-order valence-corrected chi connectivity index (χ0v) is 27.0. The van der Waals surface area contributed by atoms with Crippen LogP contribution in [0, 0.1) is 5.82 Å². The summed E-state index contributed by atoms with van der Waals surface area (Å²) >= 11 is 6.00. The van der Waals surface area contributed by atoms with Crippen molar-refractivity contribution in [3.63, 3.8) is 0 Å². The van der Waals surface area contributed by atoms with Gasteiger partial charge in [-0.05, 0) is 39.3 Å². The number of carbonyl (C=O) groups excluding carboxylic acids is 2. The third kappa shape index (κ3) is 7.40. The number of piperazine rings is 1. The van der Waals surface area contributed by atoms with E-state index in [4.69, 9.17) is 21.1 Å². The maximum absolute atomic E-state index is 14.3. The summed E-state index contributed by atoms with van der Waals surface area (Å²) in [6, 6.07) is 0.914. The third-order valence-electron chi connectivity index (χ3n) is 7.63. The standard InChI is InChI=1S/C29H35ClF4N8O5/c1-5-21-23(38-6-8-40(9-7-38)27(45)47-28(2,3)4)24(44)42-26(36-25(37-42)39-10-12-46-13-11-39)41(21)16-22(43)35-20-15-19(31)17(14-18(20)30)29(32,33)34/h14-15H,5-13,16H2,1-4H3,(H,35,43). The number of morpholine rings is 1. The Morgan fingerprint density at radius 2 is 1.70 bits per heavy atom. The number of rotatable bonds is 6. The van der Waals surface area contributed by atoms with Crippen molar-refractivity contribution in [1.82, 2.24) is 24.1 Å². The average Bonchev–Trinajstić information content (AvgIpc) is 3.45. The fraction of sp³-hybridized carbons (Fsp3) is 0.552.